The van der Waals surface area contributed by atoms with Crippen LogP contribution in [-0.2, 0) is 0 Å². The van der Waals surface area contributed by atoms with Gasteiger partial charge in [0, 0.05) is 6.61 Å². The predicted octanol–water partition coefficient (Wildman–Crippen LogP) is 3.29. The molecule has 0 spiro atoms. The first-order valence-electron chi connectivity index (χ1n) is 5.44. The van der Waals surface area contributed by atoms with E-state index in [-0.39, 0.29) is 5.41 Å². The minimum atomic E-state index is 0.247. The zero-order chi connectivity index (χ0) is 9.73. The molecule has 0 radical (unpaired) electrons. The molecule has 0 unspecified atom stereocenters. The van der Waals surface area contributed by atoms with Gasteiger partial charge in [-0.3, -0.25) is 0 Å². The van der Waals surface area contributed by atoms with Crippen molar-refractivity contribution in [2.24, 2.45) is 5.41 Å². The highest BCUT2D eigenvalue weighted by Crippen LogP contribution is 2.40. The Labute approximate surface area is 81.9 Å². The van der Waals surface area contributed by atoms with Crippen LogP contribution in [0.1, 0.15) is 51.9 Å². The summed E-state index contributed by atoms with van der Waals surface area (Å²) < 4.78 is 0. The fraction of sp³-hybridized carbons (Fsp3) is 0.833. The zero-order valence-corrected chi connectivity index (χ0v) is 8.81. The van der Waals surface area contributed by atoms with E-state index in [1.807, 2.05) is 0 Å². The molecule has 0 aromatic rings. The molecule has 0 atom stereocenters. The molecule has 0 bridgehead atoms. The second kappa shape index (κ2) is 4.80. The Kier molecular flexibility index (Phi) is 3.98. The molecule has 1 fully saturated rings. The van der Waals surface area contributed by atoms with E-state index in [0.717, 1.165) is 12.8 Å². The minimum Gasteiger partial charge on any atom is -0.396 e. The molecule has 1 aliphatic rings. The van der Waals surface area contributed by atoms with E-state index >= 15 is 0 Å². The highest BCUT2D eigenvalue weighted by Gasteiger charge is 2.30. The smallest absolute Gasteiger partial charge is 0.0487 e. The van der Waals surface area contributed by atoms with Crippen LogP contribution in [0.5, 0.6) is 0 Å². The molecule has 1 aliphatic carbocycles. The van der Waals surface area contributed by atoms with E-state index in [1.54, 1.807) is 0 Å². The van der Waals surface area contributed by atoms with Gasteiger partial charge in [-0.2, -0.15) is 0 Å². The monoisotopic (exact) mass is 182 g/mol. The maximum Gasteiger partial charge on any atom is 0.0487 e. The molecule has 13 heavy (non-hydrogen) atoms. The molecule has 0 aromatic heterocycles. The van der Waals surface area contributed by atoms with Crippen molar-refractivity contribution in [3.05, 3.63) is 12.2 Å². The molecule has 1 rings (SSSR count). The van der Waals surface area contributed by atoms with Crippen LogP contribution in [0.25, 0.3) is 0 Å². The number of allylic oxidation sites excluding steroid dienone is 1. The zero-order valence-electron chi connectivity index (χ0n) is 8.81. The Balaban J connectivity index is 2.42. The molecule has 0 aromatic carbocycles. The molecule has 76 valence electrons. The van der Waals surface area contributed by atoms with Crippen LogP contribution < -0.4 is 0 Å². The van der Waals surface area contributed by atoms with E-state index in [2.05, 4.69) is 13.5 Å². The van der Waals surface area contributed by atoms with Gasteiger partial charge in [-0.05, 0) is 38.0 Å². The third-order valence-corrected chi connectivity index (χ3v) is 3.33. The maximum absolute atomic E-state index is 9.42. The van der Waals surface area contributed by atoms with E-state index in [9.17, 15) is 5.11 Å². The summed E-state index contributed by atoms with van der Waals surface area (Å²) in [7, 11) is 0. The lowest BCUT2D eigenvalue weighted by Crippen LogP contribution is -2.28. The van der Waals surface area contributed by atoms with Gasteiger partial charge in [-0.25, -0.2) is 0 Å². The first-order valence-corrected chi connectivity index (χ1v) is 5.44. The third kappa shape index (κ3) is 3.15. The van der Waals surface area contributed by atoms with Crippen molar-refractivity contribution >= 4 is 0 Å². The lowest BCUT2D eigenvalue weighted by molar-refractivity contribution is 0.0738. The SMILES string of the molecule is C=C(C)CCC1(CO)CCCCC1. The highest BCUT2D eigenvalue weighted by molar-refractivity contribution is 4.92. The summed E-state index contributed by atoms with van der Waals surface area (Å²) in [5.74, 6) is 0. The van der Waals surface area contributed by atoms with Crippen LogP contribution in [0.2, 0.25) is 0 Å². The number of aliphatic hydroxyl groups is 1. The number of hydrogen-bond acceptors (Lipinski definition) is 1. The summed E-state index contributed by atoms with van der Waals surface area (Å²) in [6.07, 6.45) is 8.62. The molecule has 1 N–H and O–H groups in total. The van der Waals surface area contributed by atoms with Crippen molar-refractivity contribution in [2.45, 2.75) is 51.9 Å². The molecule has 1 saturated carbocycles. The molecule has 0 aliphatic heterocycles. The van der Waals surface area contributed by atoms with E-state index in [0.29, 0.717) is 6.61 Å². The quantitative estimate of drug-likeness (QED) is 0.661. The van der Waals surface area contributed by atoms with Gasteiger partial charge in [-0.15, -0.1) is 6.58 Å². The fourth-order valence-corrected chi connectivity index (χ4v) is 2.27. The summed E-state index contributed by atoms with van der Waals surface area (Å²) >= 11 is 0. The molecule has 1 heteroatoms. The Bertz CT molecular complexity index is 166. The maximum atomic E-state index is 9.42. The lowest BCUT2D eigenvalue weighted by Gasteiger charge is -2.35. The van der Waals surface area contributed by atoms with Crippen molar-refractivity contribution in [3.63, 3.8) is 0 Å². The van der Waals surface area contributed by atoms with Gasteiger partial charge in [0.05, 0.1) is 0 Å². The van der Waals surface area contributed by atoms with Gasteiger partial charge >= 0.3 is 0 Å². The molecule has 0 heterocycles. The summed E-state index contributed by atoms with van der Waals surface area (Å²) in [4.78, 5) is 0. The van der Waals surface area contributed by atoms with Crippen LogP contribution in [0.4, 0.5) is 0 Å². The van der Waals surface area contributed by atoms with Gasteiger partial charge in [0.25, 0.3) is 0 Å². The third-order valence-electron chi connectivity index (χ3n) is 3.33. The number of rotatable bonds is 4. The first kappa shape index (κ1) is 10.8. The normalized spacial score (nSPS) is 21.4. The Hall–Kier alpha value is -0.300. The van der Waals surface area contributed by atoms with E-state index in [1.165, 1.54) is 37.7 Å². The van der Waals surface area contributed by atoms with Crippen LogP contribution in [0.3, 0.4) is 0 Å². The van der Waals surface area contributed by atoms with Crippen LogP contribution >= 0.6 is 0 Å². The van der Waals surface area contributed by atoms with Crippen LogP contribution in [0, 0.1) is 5.41 Å². The summed E-state index contributed by atoms with van der Waals surface area (Å²) in [5, 5.41) is 9.42. The largest absolute Gasteiger partial charge is 0.396 e. The summed E-state index contributed by atoms with van der Waals surface area (Å²) in [6, 6.07) is 0. The average molecular weight is 182 g/mol. The number of aliphatic hydroxyl groups excluding tert-OH is 1. The summed E-state index contributed by atoms with van der Waals surface area (Å²) in [5.41, 5.74) is 1.50. The van der Waals surface area contributed by atoms with E-state index < -0.39 is 0 Å². The Morgan fingerprint density at radius 1 is 1.31 bits per heavy atom. The van der Waals surface area contributed by atoms with Crippen molar-refractivity contribution in [1.82, 2.24) is 0 Å². The van der Waals surface area contributed by atoms with Crippen LogP contribution in [-0.4, -0.2) is 11.7 Å². The van der Waals surface area contributed by atoms with Crippen molar-refractivity contribution in [3.8, 4) is 0 Å². The van der Waals surface area contributed by atoms with Gasteiger partial charge in [0.1, 0.15) is 0 Å². The van der Waals surface area contributed by atoms with Crippen molar-refractivity contribution in [2.75, 3.05) is 6.61 Å². The first-order chi connectivity index (χ1) is 6.18. The second-order valence-corrected chi connectivity index (χ2v) is 4.68. The van der Waals surface area contributed by atoms with Gasteiger partial charge < -0.3 is 5.11 Å². The highest BCUT2D eigenvalue weighted by atomic mass is 16.3. The van der Waals surface area contributed by atoms with Crippen LogP contribution in [0.15, 0.2) is 12.2 Å². The minimum absolute atomic E-state index is 0.247. The Morgan fingerprint density at radius 3 is 2.38 bits per heavy atom. The molecule has 0 amide bonds. The summed E-state index contributed by atoms with van der Waals surface area (Å²) in [6.45, 7) is 6.38. The Morgan fingerprint density at radius 2 is 1.92 bits per heavy atom. The molecular formula is C12H22O. The van der Waals surface area contributed by atoms with Gasteiger partial charge in [0.2, 0.25) is 0 Å². The standard InChI is InChI=1S/C12H22O/c1-11(2)6-9-12(10-13)7-4-3-5-8-12/h13H,1,3-10H2,2H3. The fourth-order valence-electron chi connectivity index (χ4n) is 2.27. The molecular weight excluding hydrogens is 160 g/mol. The predicted molar refractivity (Wildman–Crippen MR) is 56.7 cm³/mol. The van der Waals surface area contributed by atoms with Gasteiger partial charge in [-0.1, -0.05) is 24.8 Å². The number of hydrogen-bond donors (Lipinski definition) is 1. The molecule has 1 nitrogen and oxygen atoms in total. The van der Waals surface area contributed by atoms with Crippen molar-refractivity contribution < 1.29 is 5.11 Å². The average Bonchev–Trinajstić information content (AvgIpc) is 2.16. The second-order valence-electron chi connectivity index (χ2n) is 4.68. The topological polar surface area (TPSA) is 20.2 Å². The van der Waals surface area contributed by atoms with Crippen molar-refractivity contribution in [1.29, 1.82) is 0 Å². The molecule has 0 saturated heterocycles. The van der Waals surface area contributed by atoms with Gasteiger partial charge in [0.15, 0.2) is 0 Å². The van der Waals surface area contributed by atoms with E-state index in [4.69, 9.17) is 0 Å². The lowest BCUT2D eigenvalue weighted by atomic mass is 9.71.